The Balaban J connectivity index is 1.80. The quantitative estimate of drug-likeness (QED) is 0.800. The van der Waals surface area contributed by atoms with Crippen LogP contribution in [0.3, 0.4) is 0 Å². The highest BCUT2D eigenvalue weighted by Crippen LogP contribution is 2.14. The van der Waals surface area contributed by atoms with Gasteiger partial charge < -0.3 is 14.4 Å². The van der Waals surface area contributed by atoms with Gasteiger partial charge in [-0.1, -0.05) is 24.3 Å². The summed E-state index contributed by atoms with van der Waals surface area (Å²) in [5.74, 6) is 0. The van der Waals surface area contributed by atoms with Crippen LogP contribution in [-0.4, -0.2) is 54.0 Å². The largest absolute Gasteiger partial charge is 0.444 e. The molecule has 5 nitrogen and oxygen atoms in total. The highest BCUT2D eigenvalue weighted by Gasteiger charge is 2.25. The molecule has 0 N–H and O–H groups in total. The average molecular weight is 318 g/mol. The number of carbonyl (C=O) groups is 2. The van der Waals surface area contributed by atoms with Crippen molar-refractivity contribution in [1.29, 1.82) is 0 Å². The first-order valence-electron chi connectivity index (χ1n) is 8.09. The molecular formula is C18H26N2O3. The van der Waals surface area contributed by atoms with Crippen LogP contribution >= 0.6 is 0 Å². The third-order valence-corrected chi connectivity index (χ3v) is 3.77. The minimum atomic E-state index is -0.447. The Bertz CT molecular complexity index is 526. The first-order valence-corrected chi connectivity index (χ1v) is 8.09. The van der Waals surface area contributed by atoms with E-state index in [1.165, 1.54) is 5.56 Å². The molecule has 1 aliphatic rings. The second-order valence-corrected chi connectivity index (χ2v) is 6.93. The fraction of sp³-hybridized carbons (Fsp3) is 0.556. The maximum atomic E-state index is 12.0. The third-order valence-electron chi connectivity index (χ3n) is 3.77. The molecule has 1 aromatic rings. The number of aldehydes is 1. The van der Waals surface area contributed by atoms with Crippen molar-refractivity contribution in [2.45, 2.75) is 39.3 Å². The van der Waals surface area contributed by atoms with E-state index in [2.05, 4.69) is 17.0 Å². The zero-order chi connectivity index (χ0) is 16.9. The number of carbonyl (C=O) groups excluding carboxylic acids is 2. The molecule has 126 valence electrons. The molecule has 5 heteroatoms. The Kier molecular flexibility index (Phi) is 5.77. The summed E-state index contributed by atoms with van der Waals surface area (Å²) < 4.78 is 5.41. The minimum absolute atomic E-state index is 0.227. The Morgan fingerprint density at radius 2 is 1.65 bits per heavy atom. The summed E-state index contributed by atoms with van der Waals surface area (Å²) in [5.41, 5.74) is 1.82. The zero-order valence-electron chi connectivity index (χ0n) is 14.2. The van der Waals surface area contributed by atoms with Gasteiger partial charge in [-0.25, -0.2) is 4.79 Å². The molecule has 23 heavy (non-hydrogen) atoms. The molecule has 0 bridgehead atoms. The first-order chi connectivity index (χ1) is 10.9. The summed E-state index contributed by atoms with van der Waals surface area (Å²) in [6, 6.07) is 8.14. The van der Waals surface area contributed by atoms with Gasteiger partial charge in [-0.2, -0.15) is 0 Å². The molecule has 1 amide bonds. The molecular weight excluding hydrogens is 292 g/mol. The van der Waals surface area contributed by atoms with Crippen molar-refractivity contribution in [1.82, 2.24) is 9.80 Å². The predicted molar refractivity (Wildman–Crippen MR) is 89.3 cm³/mol. The van der Waals surface area contributed by atoms with E-state index in [9.17, 15) is 9.59 Å². The van der Waals surface area contributed by atoms with Crippen LogP contribution in [0, 0.1) is 0 Å². The number of rotatable bonds is 4. The molecule has 0 saturated carbocycles. The Morgan fingerprint density at radius 3 is 2.17 bits per heavy atom. The van der Waals surface area contributed by atoms with Crippen LogP contribution in [-0.2, 0) is 22.5 Å². The number of nitrogens with zero attached hydrogens (tertiary/aromatic N) is 2. The van der Waals surface area contributed by atoms with Gasteiger partial charge in [0.2, 0.25) is 0 Å². The second-order valence-electron chi connectivity index (χ2n) is 6.93. The van der Waals surface area contributed by atoms with Gasteiger partial charge in [0.25, 0.3) is 0 Å². The monoisotopic (exact) mass is 318 g/mol. The highest BCUT2D eigenvalue weighted by molar-refractivity contribution is 5.68. The van der Waals surface area contributed by atoms with Gasteiger partial charge in [0.1, 0.15) is 11.9 Å². The normalized spacial score (nSPS) is 16.2. The lowest BCUT2D eigenvalue weighted by molar-refractivity contribution is -0.107. The lowest BCUT2D eigenvalue weighted by Gasteiger charge is -2.35. The van der Waals surface area contributed by atoms with Crippen molar-refractivity contribution in [3.63, 3.8) is 0 Å². The zero-order valence-corrected chi connectivity index (χ0v) is 14.2. The van der Waals surface area contributed by atoms with Gasteiger partial charge in [-0.05, 0) is 31.9 Å². The molecule has 0 radical (unpaired) electrons. The molecule has 1 aromatic carbocycles. The van der Waals surface area contributed by atoms with Crippen molar-refractivity contribution in [2.24, 2.45) is 0 Å². The van der Waals surface area contributed by atoms with Crippen molar-refractivity contribution in [3.8, 4) is 0 Å². The number of hydrogen-bond donors (Lipinski definition) is 0. The van der Waals surface area contributed by atoms with Gasteiger partial charge in [0.15, 0.2) is 0 Å². The van der Waals surface area contributed by atoms with Gasteiger partial charge in [-0.3, -0.25) is 4.90 Å². The van der Waals surface area contributed by atoms with E-state index < -0.39 is 5.60 Å². The van der Waals surface area contributed by atoms with Crippen molar-refractivity contribution < 1.29 is 14.3 Å². The van der Waals surface area contributed by atoms with Crippen LogP contribution in [0.2, 0.25) is 0 Å². The molecule has 0 atom stereocenters. The fourth-order valence-corrected chi connectivity index (χ4v) is 2.55. The van der Waals surface area contributed by atoms with Crippen LogP contribution < -0.4 is 0 Å². The first kappa shape index (κ1) is 17.5. The van der Waals surface area contributed by atoms with E-state index in [4.69, 9.17) is 4.74 Å². The molecule has 1 aliphatic heterocycles. The summed E-state index contributed by atoms with van der Waals surface area (Å²) in [4.78, 5) is 26.6. The Labute approximate surface area is 138 Å². The summed E-state index contributed by atoms with van der Waals surface area (Å²) in [5, 5.41) is 0. The van der Waals surface area contributed by atoms with E-state index in [0.29, 0.717) is 19.5 Å². The highest BCUT2D eigenvalue weighted by atomic mass is 16.6. The van der Waals surface area contributed by atoms with Gasteiger partial charge in [0.05, 0.1) is 0 Å². The van der Waals surface area contributed by atoms with Crippen LogP contribution in [0.4, 0.5) is 4.79 Å². The van der Waals surface area contributed by atoms with Crippen LogP contribution in [0.1, 0.15) is 31.9 Å². The smallest absolute Gasteiger partial charge is 0.410 e. The summed E-state index contributed by atoms with van der Waals surface area (Å²) in [7, 11) is 0. The van der Waals surface area contributed by atoms with E-state index in [0.717, 1.165) is 31.5 Å². The maximum Gasteiger partial charge on any atom is 0.410 e. The van der Waals surface area contributed by atoms with Gasteiger partial charge in [-0.15, -0.1) is 0 Å². The Hall–Kier alpha value is -1.88. The van der Waals surface area contributed by atoms with Gasteiger partial charge in [0, 0.05) is 39.1 Å². The van der Waals surface area contributed by atoms with E-state index >= 15 is 0 Å². The second kappa shape index (κ2) is 7.59. The van der Waals surface area contributed by atoms with Crippen molar-refractivity contribution in [2.75, 3.05) is 26.2 Å². The molecule has 1 saturated heterocycles. The number of amides is 1. The lowest BCUT2D eigenvalue weighted by atomic mass is 10.1. The van der Waals surface area contributed by atoms with Crippen LogP contribution in [0.5, 0.6) is 0 Å². The number of benzene rings is 1. The van der Waals surface area contributed by atoms with Crippen LogP contribution in [0.15, 0.2) is 24.3 Å². The number of piperazine rings is 1. The number of hydrogen-bond acceptors (Lipinski definition) is 4. The molecule has 0 aliphatic carbocycles. The van der Waals surface area contributed by atoms with E-state index in [-0.39, 0.29) is 6.09 Å². The SMILES string of the molecule is CC(C)(C)OC(=O)N1CCN(Cc2ccc(CC=O)cc2)CC1. The standard InChI is InChI=1S/C18H26N2O3/c1-18(2,3)23-17(22)20-11-9-19(10-12-20)14-16-6-4-15(5-7-16)8-13-21/h4-7,13H,8-12,14H2,1-3H3. The molecule has 1 heterocycles. The Morgan fingerprint density at radius 1 is 1.09 bits per heavy atom. The molecule has 1 fully saturated rings. The fourth-order valence-electron chi connectivity index (χ4n) is 2.55. The summed E-state index contributed by atoms with van der Waals surface area (Å²) >= 11 is 0. The van der Waals surface area contributed by atoms with E-state index in [1.807, 2.05) is 32.9 Å². The molecule has 0 aromatic heterocycles. The maximum absolute atomic E-state index is 12.0. The average Bonchev–Trinajstić information content (AvgIpc) is 2.48. The lowest BCUT2D eigenvalue weighted by Crippen LogP contribution is -2.49. The predicted octanol–water partition coefficient (Wildman–Crippen LogP) is 2.48. The minimum Gasteiger partial charge on any atom is -0.444 e. The van der Waals surface area contributed by atoms with Crippen molar-refractivity contribution >= 4 is 12.4 Å². The van der Waals surface area contributed by atoms with Crippen LogP contribution in [0.25, 0.3) is 0 Å². The third kappa shape index (κ3) is 5.67. The summed E-state index contributed by atoms with van der Waals surface area (Å²) in [6.45, 7) is 9.59. The van der Waals surface area contributed by atoms with E-state index in [1.54, 1.807) is 4.90 Å². The summed E-state index contributed by atoms with van der Waals surface area (Å²) in [6.07, 6.45) is 1.16. The number of ether oxygens (including phenoxy) is 1. The van der Waals surface area contributed by atoms with Crippen molar-refractivity contribution in [3.05, 3.63) is 35.4 Å². The molecule has 0 spiro atoms. The topological polar surface area (TPSA) is 49.9 Å². The molecule has 2 rings (SSSR count). The molecule has 0 unspecified atom stereocenters. The van der Waals surface area contributed by atoms with Gasteiger partial charge >= 0.3 is 6.09 Å².